The van der Waals surface area contributed by atoms with Gasteiger partial charge in [-0.05, 0) is 36.1 Å². The van der Waals surface area contributed by atoms with Crippen molar-refractivity contribution in [2.24, 2.45) is 10.2 Å². The summed E-state index contributed by atoms with van der Waals surface area (Å²) in [6.07, 6.45) is 11.1. The van der Waals surface area contributed by atoms with Crippen molar-refractivity contribution in [3.05, 3.63) is 78.3 Å². The maximum atomic E-state index is 11.7. The van der Waals surface area contributed by atoms with Gasteiger partial charge in [0.05, 0.1) is 0 Å². The SMILES string of the molecule is CCCCCCCCCC(N1CCN(Cc2ccc(Cl)nc2)/C1=N/[N+](=O)[O-])N1CCN(Cc2ccc(Cl)nc2)/C1=N\[N+](=O)[O-]. The van der Waals surface area contributed by atoms with Gasteiger partial charge >= 0.3 is 0 Å². The minimum atomic E-state index is -0.693. The summed E-state index contributed by atoms with van der Waals surface area (Å²) in [7, 11) is 0. The predicted molar refractivity (Wildman–Crippen MR) is 168 cm³/mol. The van der Waals surface area contributed by atoms with E-state index in [-0.39, 0.29) is 11.9 Å². The Kier molecular flexibility index (Phi) is 12.3. The van der Waals surface area contributed by atoms with Gasteiger partial charge in [0.1, 0.15) is 26.7 Å². The molecular formula is C28H38Cl2N10O4. The lowest BCUT2D eigenvalue weighted by atomic mass is 10.1. The maximum absolute atomic E-state index is 11.7. The van der Waals surface area contributed by atoms with Crippen LogP contribution in [0, 0.1) is 20.2 Å². The molecule has 0 spiro atoms. The molecular weight excluding hydrogens is 611 g/mol. The van der Waals surface area contributed by atoms with E-state index in [4.69, 9.17) is 23.2 Å². The van der Waals surface area contributed by atoms with E-state index < -0.39 is 16.2 Å². The molecule has 1 unspecified atom stereocenters. The van der Waals surface area contributed by atoms with Gasteiger partial charge in [0.2, 0.25) is 0 Å². The van der Waals surface area contributed by atoms with Crippen molar-refractivity contribution in [1.82, 2.24) is 29.6 Å². The van der Waals surface area contributed by atoms with Crippen LogP contribution in [0.15, 0.2) is 46.9 Å². The fourth-order valence-electron chi connectivity index (χ4n) is 5.68. The average molecular weight is 650 g/mol. The van der Waals surface area contributed by atoms with Gasteiger partial charge in [-0.3, -0.25) is 0 Å². The zero-order valence-electron chi connectivity index (χ0n) is 24.8. The van der Waals surface area contributed by atoms with Gasteiger partial charge in [-0.2, -0.15) is 0 Å². The van der Waals surface area contributed by atoms with E-state index in [1.54, 1.807) is 24.5 Å². The zero-order chi connectivity index (χ0) is 31.5. The van der Waals surface area contributed by atoms with Crippen LogP contribution in [0.25, 0.3) is 0 Å². The summed E-state index contributed by atoms with van der Waals surface area (Å²) in [6.45, 7) is 4.77. The Morgan fingerprint density at radius 2 is 1.20 bits per heavy atom. The van der Waals surface area contributed by atoms with Crippen LogP contribution in [-0.4, -0.2) is 83.9 Å². The number of nitrogens with zero attached hydrogens (tertiary/aromatic N) is 10. The van der Waals surface area contributed by atoms with Gasteiger partial charge in [-0.25, -0.2) is 30.2 Å². The number of pyridine rings is 2. The topological polar surface area (TPSA) is 150 Å². The van der Waals surface area contributed by atoms with E-state index in [0.717, 1.165) is 36.8 Å². The minimum absolute atomic E-state index is 0.207. The van der Waals surface area contributed by atoms with E-state index in [1.807, 2.05) is 31.7 Å². The average Bonchev–Trinajstić information content (AvgIpc) is 3.55. The lowest BCUT2D eigenvalue weighted by Crippen LogP contribution is -2.52. The monoisotopic (exact) mass is 648 g/mol. The van der Waals surface area contributed by atoms with Crippen molar-refractivity contribution in [3.8, 4) is 0 Å². The number of halogens is 2. The standard InChI is InChI=1S/C28H38Cl2N10O4/c1-2-3-4-5-6-7-8-9-26(37-16-14-35(27(37)33-39(41)42)20-22-10-12-24(29)31-18-22)38-17-15-36(28(38)34-40(43)44)21-23-11-13-25(30)32-19-23/h10-13,18-19,26H,2-9,14-17,20-21H2,1H3/b33-27-,34-28+. The number of hydrogen-bond donors (Lipinski definition) is 0. The molecule has 2 fully saturated rings. The van der Waals surface area contributed by atoms with Gasteiger partial charge < -0.3 is 19.6 Å². The summed E-state index contributed by atoms with van der Waals surface area (Å²) in [4.78, 5) is 39.2. The van der Waals surface area contributed by atoms with E-state index in [0.29, 0.717) is 56.0 Å². The van der Waals surface area contributed by atoms with Crippen LogP contribution in [0.4, 0.5) is 0 Å². The van der Waals surface area contributed by atoms with E-state index in [2.05, 4.69) is 27.1 Å². The van der Waals surface area contributed by atoms with Crippen LogP contribution in [0.5, 0.6) is 0 Å². The molecule has 1 atom stereocenters. The lowest BCUT2D eigenvalue weighted by Gasteiger charge is -2.36. The van der Waals surface area contributed by atoms with E-state index in [1.165, 1.54) is 19.3 Å². The second-order valence-corrected chi connectivity index (χ2v) is 11.6. The summed E-state index contributed by atoms with van der Waals surface area (Å²) in [5, 5.41) is 30.5. The number of hydrazone groups is 2. The Labute approximate surface area is 266 Å². The summed E-state index contributed by atoms with van der Waals surface area (Å²) in [6, 6.07) is 6.99. The van der Waals surface area contributed by atoms with Crippen molar-refractivity contribution < 1.29 is 10.1 Å². The van der Waals surface area contributed by atoms with Gasteiger partial charge in [0, 0.05) is 51.7 Å². The molecule has 0 amide bonds. The number of unbranched alkanes of at least 4 members (excludes halogenated alkanes) is 6. The highest BCUT2D eigenvalue weighted by Gasteiger charge is 2.42. The molecule has 0 radical (unpaired) electrons. The van der Waals surface area contributed by atoms with Crippen LogP contribution < -0.4 is 0 Å². The van der Waals surface area contributed by atoms with Crippen LogP contribution in [0.3, 0.4) is 0 Å². The van der Waals surface area contributed by atoms with E-state index >= 15 is 0 Å². The van der Waals surface area contributed by atoms with Gasteiger partial charge in [0.25, 0.3) is 11.9 Å². The molecule has 16 heteroatoms. The molecule has 0 N–H and O–H groups in total. The minimum Gasteiger partial charge on any atom is -0.331 e. The molecule has 2 aromatic heterocycles. The third kappa shape index (κ3) is 9.36. The molecule has 44 heavy (non-hydrogen) atoms. The quantitative estimate of drug-likeness (QED) is 0.102. The molecule has 2 aliphatic rings. The summed E-state index contributed by atoms with van der Waals surface area (Å²) >= 11 is 11.9. The number of aromatic nitrogens is 2. The highest BCUT2D eigenvalue weighted by molar-refractivity contribution is 6.29. The third-order valence-corrected chi connectivity index (χ3v) is 8.20. The predicted octanol–water partition coefficient (Wildman–Crippen LogP) is 5.28. The van der Waals surface area contributed by atoms with Crippen LogP contribution >= 0.6 is 23.2 Å². The number of hydrogen-bond acceptors (Lipinski definition) is 6. The van der Waals surface area contributed by atoms with Crippen molar-refractivity contribution >= 4 is 35.1 Å². The zero-order valence-corrected chi connectivity index (χ0v) is 26.3. The molecule has 4 rings (SSSR count). The smallest absolute Gasteiger partial charge is 0.276 e. The van der Waals surface area contributed by atoms with Gasteiger partial charge in [-0.1, -0.05) is 80.8 Å². The second kappa shape index (κ2) is 16.3. The summed E-state index contributed by atoms with van der Waals surface area (Å²) in [5.74, 6) is 0.414. The third-order valence-electron chi connectivity index (χ3n) is 7.75. The highest BCUT2D eigenvalue weighted by Crippen LogP contribution is 2.27. The molecule has 0 aliphatic carbocycles. The number of rotatable bonds is 16. The van der Waals surface area contributed by atoms with E-state index in [9.17, 15) is 20.2 Å². The second-order valence-electron chi connectivity index (χ2n) is 10.9. The lowest BCUT2D eigenvalue weighted by molar-refractivity contribution is -0.486. The Hall–Kier alpha value is -3.78. The first-order valence-corrected chi connectivity index (χ1v) is 15.7. The molecule has 0 saturated carbocycles. The Bertz CT molecular complexity index is 1220. The maximum Gasteiger partial charge on any atom is 0.276 e. The highest BCUT2D eigenvalue weighted by atomic mass is 35.5. The Balaban J connectivity index is 1.60. The normalized spacial score (nSPS) is 17.7. The van der Waals surface area contributed by atoms with Gasteiger partial charge in [-0.15, -0.1) is 0 Å². The molecule has 4 heterocycles. The van der Waals surface area contributed by atoms with Crippen LogP contribution in [0.1, 0.15) is 69.4 Å². The number of guanidine groups is 2. The molecule has 2 aromatic rings. The molecule has 2 aliphatic heterocycles. The number of nitro groups is 2. The van der Waals surface area contributed by atoms with Crippen LogP contribution in [0.2, 0.25) is 10.3 Å². The van der Waals surface area contributed by atoms with Crippen molar-refractivity contribution in [2.75, 3.05) is 26.2 Å². The first kappa shape index (κ1) is 33.1. The molecule has 0 aromatic carbocycles. The molecule has 2 saturated heterocycles. The van der Waals surface area contributed by atoms with Gasteiger partial charge in [0.15, 0.2) is 10.1 Å². The fourth-order valence-corrected chi connectivity index (χ4v) is 5.90. The van der Waals surface area contributed by atoms with Crippen molar-refractivity contribution in [3.63, 3.8) is 0 Å². The first-order chi connectivity index (χ1) is 21.2. The van der Waals surface area contributed by atoms with Crippen molar-refractivity contribution in [2.45, 2.75) is 77.5 Å². The molecule has 0 bridgehead atoms. The fraction of sp³-hybridized carbons (Fsp3) is 0.571. The Morgan fingerprint density at radius 3 is 1.61 bits per heavy atom. The van der Waals surface area contributed by atoms with Crippen LogP contribution in [-0.2, 0) is 13.1 Å². The largest absolute Gasteiger partial charge is 0.331 e. The first-order valence-electron chi connectivity index (χ1n) is 14.9. The molecule has 14 nitrogen and oxygen atoms in total. The summed E-state index contributed by atoms with van der Waals surface area (Å²) in [5.41, 5.74) is 1.66. The molecule has 238 valence electrons. The van der Waals surface area contributed by atoms with Crippen molar-refractivity contribution in [1.29, 1.82) is 0 Å². The summed E-state index contributed by atoms with van der Waals surface area (Å²) < 4.78 is 0. The Morgan fingerprint density at radius 1 is 0.750 bits per heavy atom.